The molecule has 0 aliphatic rings. The predicted octanol–water partition coefficient (Wildman–Crippen LogP) is 1.80. The van der Waals surface area contributed by atoms with E-state index in [1.54, 1.807) is 10.9 Å². The predicted molar refractivity (Wildman–Crippen MR) is 101 cm³/mol. The number of amides is 1. The molecule has 0 unspecified atom stereocenters. The van der Waals surface area contributed by atoms with Crippen LogP contribution in [-0.2, 0) is 6.54 Å². The molecule has 5 N–H and O–H groups in total. The summed E-state index contributed by atoms with van der Waals surface area (Å²) < 4.78 is 6.92. The van der Waals surface area contributed by atoms with Crippen molar-refractivity contribution in [2.45, 2.75) is 6.54 Å². The number of ether oxygens (including phenoxy) is 1. The topological polar surface area (TPSA) is 137 Å². The third-order valence-electron chi connectivity index (χ3n) is 3.41. The zero-order chi connectivity index (χ0) is 19.6. The SMILES string of the molecule is N=CN.NC(=O)c1ccc(OC(=O)c2cnn(Cc3ccccc3)c2)cc1. The van der Waals surface area contributed by atoms with E-state index in [2.05, 4.69) is 10.8 Å². The average Bonchev–Trinajstić information content (AvgIpc) is 3.12. The van der Waals surface area contributed by atoms with Crippen LogP contribution < -0.4 is 16.2 Å². The molecule has 138 valence electrons. The van der Waals surface area contributed by atoms with Crippen LogP contribution in [0, 0.1) is 5.41 Å². The summed E-state index contributed by atoms with van der Waals surface area (Å²) in [5.41, 5.74) is 11.3. The fourth-order valence-electron chi connectivity index (χ4n) is 2.18. The molecule has 0 spiro atoms. The largest absolute Gasteiger partial charge is 0.423 e. The zero-order valence-corrected chi connectivity index (χ0v) is 14.4. The van der Waals surface area contributed by atoms with Crippen molar-refractivity contribution in [1.82, 2.24) is 9.78 Å². The first kappa shape index (κ1) is 19.4. The first-order chi connectivity index (χ1) is 13.0. The Balaban J connectivity index is 0.000000817. The van der Waals surface area contributed by atoms with Gasteiger partial charge in [0.05, 0.1) is 24.6 Å². The molecular formula is C19H19N5O3. The molecule has 27 heavy (non-hydrogen) atoms. The van der Waals surface area contributed by atoms with Crippen molar-refractivity contribution in [3.63, 3.8) is 0 Å². The Morgan fingerprint density at radius 2 is 1.70 bits per heavy atom. The van der Waals surface area contributed by atoms with Crippen LogP contribution in [0.25, 0.3) is 0 Å². The van der Waals surface area contributed by atoms with E-state index in [0.717, 1.165) is 11.9 Å². The van der Waals surface area contributed by atoms with Crippen molar-refractivity contribution in [1.29, 1.82) is 5.41 Å². The van der Waals surface area contributed by atoms with Crippen LogP contribution >= 0.6 is 0 Å². The lowest BCUT2D eigenvalue weighted by Gasteiger charge is -2.03. The van der Waals surface area contributed by atoms with Crippen LogP contribution in [0.15, 0.2) is 67.0 Å². The number of hydrogen-bond donors (Lipinski definition) is 3. The fourth-order valence-corrected chi connectivity index (χ4v) is 2.18. The molecule has 0 fully saturated rings. The van der Waals surface area contributed by atoms with E-state index in [4.69, 9.17) is 15.9 Å². The number of esters is 1. The zero-order valence-electron chi connectivity index (χ0n) is 14.4. The summed E-state index contributed by atoms with van der Waals surface area (Å²) in [7, 11) is 0. The van der Waals surface area contributed by atoms with E-state index in [0.29, 0.717) is 23.4 Å². The van der Waals surface area contributed by atoms with E-state index in [1.165, 1.54) is 30.5 Å². The lowest BCUT2D eigenvalue weighted by Crippen LogP contribution is -2.11. The maximum absolute atomic E-state index is 12.1. The van der Waals surface area contributed by atoms with E-state index >= 15 is 0 Å². The number of nitrogens with two attached hydrogens (primary N) is 2. The second kappa shape index (κ2) is 9.52. The Morgan fingerprint density at radius 3 is 2.30 bits per heavy atom. The van der Waals surface area contributed by atoms with Crippen LogP contribution in [0.3, 0.4) is 0 Å². The highest BCUT2D eigenvalue weighted by atomic mass is 16.5. The summed E-state index contributed by atoms with van der Waals surface area (Å²) >= 11 is 0. The van der Waals surface area contributed by atoms with Crippen LogP contribution in [0.2, 0.25) is 0 Å². The molecule has 3 rings (SSSR count). The third kappa shape index (κ3) is 5.82. The van der Waals surface area contributed by atoms with Gasteiger partial charge in [-0.2, -0.15) is 5.10 Å². The first-order valence-electron chi connectivity index (χ1n) is 7.92. The van der Waals surface area contributed by atoms with Crippen molar-refractivity contribution in [2.24, 2.45) is 11.5 Å². The number of rotatable bonds is 5. The smallest absolute Gasteiger partial charge is 0.346 e. The lowest BCUT2D eigenvalue weighted by molar-refractivity contribution is 0.0734. The maximum Gasteiger partial charge on any atom is 0.346 e. The normalized spacial score (nSPS) is 9.63. The number of primary amides is 1. The Morgan fingerprint density at radius 1 is 1.07 bits per heavy atom. The molecule has 3 aromatic rings. The molecule has 0 saturated carbocycles. The van der Waals surface area contributed by atoms with Gasteiger partial charge in [-0.1, -0.05) is 30.3 Å². The molecule has 0 atom stereocenters. The standard InChI is InChI=1S/C18H15N3O3.CH4N2/c19-17(22)14-6-8-16(9-7-14)24-18(23)15-10-20-21(12-15)11-13-4-2-1-3-5-13;2-1-3/h1-10,12H,11H2,(H2,19,22);1H,(H3,2,3). The molecule has 0 aliphatic carbocycles. The second-order valence-electron chi connectivity index (χ2n) is 5.36. The Labute approximate surface area is 155 Å². The van der Waals surface area contributed by atoms with Crippen LogP contribution in [-0.4, -0.2) is 28.0 Å². The fraction of sp³-hybridized carbons (Fsp3) is 0.0526. The summed E-state index contributed by atoms with van der Waals surface area (Å²) in [5.74, 6) is -0.711. The lowest BCUT2D eigenvalue weighted by atomic mass is 10.2. The minimum atomic E-state index is -0.532. The molecular weight excluding hydrogens is 346 g/mol. The van der Waals surface area contributed by atoms with Crippen molar-refractivity contribution in [3.8, 4) is 5.75 Å². The molecule has 0 saturated heterocycles. The number of nitrogens with one attached hydrogen (secondary N) is 1. The number of benzene rings is 2. The molecule has 1 heterocycles. The van der Waals surface area contributed by atoms with Gasteiger partial charge in [0.25, 0.3) is 0 Å². The van der Waals surface area contributed by atoms with Crippen molar-refractivity contribution < 1.29 is 14.3 Å². The molecule has 1 amide bonds. The molecule has 0 radical (unpaired) electrons. The maximum atomic E-state index is 12.1. The van der Waals surface area contributed by atoms with Gasteiger partial charge in [0, 0.05) is 11.8 Å². The van der Waals surface area contributed by atoms with Gasteiger partial charge in [-0.3, -0.25) is 14.9 Å². The van der Waals surface area contributed by atoms with Gasteiger partial charge in [0.15, 0.2) is 0 Å². The monoisotopic (exact) mass is 365 g/mol. The van der Waals surface area contributed by atoms with Crippen molar-refractivity contribution >= 4 is 18.2 Å². The summed E-state index contributed by atoms with van der Waals surface area (Å²) in [4.78, 5) is 23.1. The van der Waals surface area contributed by atoms with E-state index in [1.807, 2.05) is 30.3 Å². The van der Waals surface area contributed by atoms with Crippen molar-refractivity contribution in [2.75, 3.05) is 0 Å². The highest BCUT2D eigenvalue weighted by molar-refractivity contribution is 5.93. The van der Waals surface area contributed by atoms with Crippen LogP contribution in [0.4, 0.5) is 0 Å². The number of nitrogens with zero attached hydrogens (tertiary/aromatic N) is 2. The number of carbonyl (C=O) groups is 2. The summed E-state index contributed by atoms with van der Waals surface area (Å²) in [5, 5.41) is 10.0. The van der Waals surface area contributed by atoms with Gasteiger partial charge >= 0.3 is 5.97 Å². The van der Waals surface area contributed by atoms with Gasteiger partial charge in [0.1, 0.15) is 5.75 Å². The molecule has 1 aromatic heterocycles. The van der Waals surface area contributed by atoms with Gasteiger partial charge in [-0.05, 0) is 29.8 Å². The molecule has 0 aliphatic heterocycles. The van der Waals surface area contributed by atoms with Gasteiger partial charge in [-0.15, -0.1) is 0 Å². The van der Waals surface area contributed by atoms with Crippen molar-refractivity contribution in [3.05, 3.63) is 83.7 Å². The van der Waals surface area contributed by atoms with E-state index < -0.39 is 11.9 Å². The number of hydrogen-bond acceptors (Lipinski definition) is 5. The minimum absolute atomic E-state index is 0.334. The van der Waals surface area contributed by atoms with Crippen LogP contribution in [0.1, 0.15) is 26.3 Å². The Bertz CT molecular complexity index is 905. The second-order valence-corrected chi connectivity index (χ2v) is 5.36. The highest BCUT2D eigenvalue weighted by Crippen LogP contribution is 2.14. The first-order valence-corrected chi connectivity index (χ1v) is 7.92. The number of carbonyl (C=O) groups excluding carboxylic acids is 2. The van der Waals surface area contributed by atoms with E-state index in [-0.39, 0.29) is 0 Å². The van der Waals surface area contributed by atoms with Gasteiger partial charge < -0.3 is 16.2 Å². The number of aromatic nitrogens is 2. The summed E-state index contributed by atoms with van der Waals surface area (Å²) in [6, 6.07) is 15.9. The van der Waals surface area contributed by atoms with Crippen LogP contribution in [0.5, 0.6) is 5.75 Å². The minimum Gasteiger partial charge on any atom is -0.423 e. The molecule has 0 bridgehead atoms. The highest BCUT2D eigenvalue weighted by Gasteiger charge is 2.12. The average molecular weight is 365 g/mol. The van der Waals surface area contributed by atoms with Gasteiger partial charge in [0.2, 0.25) is 5.91 Å². The molecule has 8 nitrogen and oxygen atoms in total. The molecule has 2 aromatic carbocycles. The third-order valence-corrected chi connectivity index (χ3v) is 3.41. The molecule has 8 heteroatoms. The Hall–Kier alpha value is -3.94. The van der Waals surface area contributed by atoms with Gasteiger partial charge in [-0.25, -0.2) is 4.79 Å². The quantitative estimate of drug-likeness (QED) is 0.274. The van der Waals surface area contributed by atoms with E-state index in [9.17, 15) is 9.59 Å². The Kier molecular flexibility index (Phi) is 6.83. The summed E-state index contributed by atoms with van der Waals surface area (Å²) in [6.07, 6.45) is 3.84. The summed E-state index contributed by atoms with van der Waals surface area (Å²) in [6.45, 7) is 0.571.